The summed E-state index contributed by atoms with van der Waals surface area (Å²) in [5, 5.41) is 2.61. The molecule has 164 valence electrons. The number of carbonyl (C=O) groups excluding carboxylic acids is 1. The second-order valence-electron chi connectivity index (χ2n) is 7.69. The van der Waals surface area contributed by atoms with Gasteiger partial charge in [0.25, 0.3) is 0 Å². The zero-order valence-corrected chi connectivity index (χ0v) is 19.3. The molecule has 1 aromatic heterocycles. The number of rotatable bonds is 4. The predicted octanol–water partition coefficient (Wildman–Crippen LogP) is 7.71. The summed E-state index contributed by atoms with van der Waals surface area (Å²) in [4.78, 5) is 12.2. The van der Waals surface area contributed by atoms with E-state index in [1.54, 1.807) is 42.5 Å². The van der Waals surface area contributed by atoms with Gasteiger partial charge in [-0.25, -0.2) is 4.39 Å². The van der Waals surface area contributed by atoms with E-state index in [1.165, 1.54) is 6.07 Å². The quantitative estimate of drug-likeness (QED) is 0.272. The zero-order valence-electron chi connectivity index (χ0n) is 17.1. The molecule has 1 amide bonds. The molecule has 0 fully saturated rings. The van der Waals surface area contributed by atoms with Crippen molar-refractivity contribution in [1.29, 1.82) is 0 Å². The van der Waals surface area contributed by atoms with Gasteiger partial charge in [-0.1, -0.05) is 71.2 Å². The maximum Gasteiger partial charge on any atom is 0.249 e. The Morgan fingerprint density at radius 1 is 0.848 bits per heavy atom. The summed E-state index contributed by atoms with van der Waals surface area (Å²) < 4.78 is 16.7. The Morgan fingerprint density at radius 3 is 2.24 bits per heavy atom. The van der Waals surface area contributed by atoms with Crippen molar-refractivity contribution in [2.24, 2.45) is 5.73 Å². The number of nitrogens with two attached hydrogens (primary N) is 1. The van der Waals surface area contributed by atoms with Crippen molar-refractivity contribution in [3.8, 4) is 11.1 Å². The Hall–Kier alpha value is -3.05. The highest BCUT2D eigenvalue weighted by Crippen LogP contribution is 2.39. The molecular weight excluding hydrogens is 482 g/mol. The second kappa shape index (κ2) is 8.38. The summed E-state index contributed by atoms with van der Waals surface area (Å²) in [5.41, 5.74) is 9.53. The number of amides is 1. The Morgan fingerprint density at radius 2 is 1.52 bits per heavy atom. The van der Waals surface area contributed by atoms with Crippen LogP contribution in [-0.2, 0) is 6.54 Å². The molecule has 33 heavy (non-hydrogen) atoms. The minimum Gasteiger partial charge on any atom is -0.366 e. The van der Waals surface area contributed by atoms with Crippen molar-refractivity contribution in [2.75, 3.05) is 0 Å². The molecule has 1 heterocycles. The number of carbonyl (C=O) groups is 1. The van der Waals surface area contributed by atoms with Crippen molar-refractivity contribution >= 4 is 62.5 Å². The van der Waals surface area contributed by atoms with Gasteiger partial charge in [-0.2, -0.15) is 0 Å². The van der Waals surface area contributed by atoms with Crippen LogP contribution in [0.1, 0.15) is 15.9 Å². The average molecular weight is 498 g/mol. The molecule has 0 atom stereocenters. The lowest BCUT2D eigenvalue weighted by molar-refractivity contribution is 0.100. The molecule has 3 nitrogen and oxygen atoms in total. The fourth-order valence-corrected chi connectivity index (χ4v) is 5.10. The Balaban J connectivity index is 1.85. The van der Waals surface area contributed by atoms with Crippen LogP contribution < -0.4 is 5.73 Å². The molecule has 0 radical (unpaired) electrons. The van der Waals surface area contributed by atoms with Crippen LogP contribution in [0.2, 0.25) is 15.1 Å². The normalized spacial score (nSPS) is 11.4. The zero-order chi connectivity index (χ0) is 23.3. The Kier molecular flexibility index (Phi) is 5.53. The molecule has 5 rings (SSSR count). The topological polar surface area (TPSA) is 48.0 Å². The smallest absolute Gasteiger partial charge is 0.249 e. The third-order valence-electron chi connectivity index (χ3n) is 5.77. The average Bonchev–Trinajstić information content (AvgIpc) is 3.10. The van der Waals surface area contributed by atoms with E-state index in [9.17, 15) is 9.18 Å². The van der Waals surface area contributed by atoms with Gasteiger partial charge in [-0.05, 0) is 42.0 Å². The van der Waals surface area contributed by atoms with Crippen molar-refractivity contribution in [3.63, 3.8) is 0 Å². The van der Waals surface area contributed by atoms with Crippen LogP contribution >= 0.6 is 34.8 Å². The molecule has 0 saturated carbocycles. The fourth-order valence-electron chi connectivity index (χ4n) is 4.29. The fraction of sp³-hybridized carbons (Fsp3) is 0.0385. The van der Waals surface area contributed by atoms with Crippen LogP contribution in [0, 0.1) is 5.82 Å². The van der Waals surface area contributed by atoms with Crippen molar-refractivity contribution in [3.05, 3.63) is 105 Å². The monoisotopic (exact) mass is 496 g/mol. The molecule has 5 aromatic rings. The van der Waals surface area contributed by atoms with E-state index < -0.39 is 11.7 Å². The summed E-state index contributed by atoms with van der Waals surface area (Å²) in [6.07, 6.45) is 0. The summed E-state index contributed by atoms with van der Waals surface area (Å²) in [7, 11) is 0. The van der Waals surface area contributed by atoms with Crippen LogP contribution in [0.25, 0.3) is 32.9 Å². The molecular formula is C26H16Cl3FN2O. The van der Waals surface area contributed by atoms with Gasteiger partial charge in [0.05, 0.1) is 22.6 Å². The lowest BCUT2D eigenvalue weighted by Gasteiger charge is -2.11. The molecule has 0 unspecified atom stereocenters. The largest absolute Gasteiger partial charge is 0.366 e. The molecule has 4 aromatic carbocycles. The lowest BCUT2D eigenvalue weighted by Crippen LogP contribution is -2.11. The maximum absolute atomic E-state index is 14.8. The van der Waals surface area contributed by atoms with E-state index >= 15 is 0 Å². The van der Waals surface area contributed by atoms with Gasteiger partial charge in [-0.3, -0.25) is 4.79 Å². The first-order valence-electron chi connectivity index (χ1n) is 10.1. The highest BCUT2D eigenvalue weighted by Gasteiger charge is 2.19. The Labute approximate surface area is 204 Å². The van der Waals surface area contributed by atoms with Gasteiger partial charge >= 0.3 is 0 Å². The number of aromatic nitrogens is 1. The third-order valence-corrected chi connectivity index (χ3v) is 6.69. The number of primary amides is 1. The Bertz CT molecular complexity index is 1560. The van der Waals surface area contributed by atoms with Crippen LogP contribution in [0.4, 0.5) is 4.39 Å². The molecule has 0 aliphatic carbocycles. The number of hydrogen-bond donors (Lipinski definition) is 1. The highest BCUT2D eigenvalue weighted by atomic mass is 35.5. The van der Waals surface area contributed by atoms with Gasteiger partial charge < -0.3 is 10.3 Å². The first-order valence-corrected chi connectivity index (χ1v) is 11.2. The second-order valence-corrected chi connectivity index (χ2v) is 8.91. The molecule has 7 heteroatoms. The van der Waals surface area contributed by atoms with Crippen molar-refractivity contribution in [1.82, 2.24) is 4.57 Å². The SMILES string of the molecule is NC(=O)c1cccc2c1c1ccc(-c3c(Cl)cccc3Cl)cc1n2Cc1cccc(Cl)c1F. The first kappa shape index (κ1) is 21.8. The minimum absolute atomic E-state index is 0.0506. The number of nitrogens with zero attached hydrogens (tertiary/aromatic N) is 1. The van der Waals surface area contributed by atoms with E-state index in [2.05, 4.69) is 0 Å². The predicted molar refractivity (Wildman–Crippen MR) is 134 cm³/mol. The van der Waals surface area contributed by atoms with Crippen LogP contribution in [-0.4, -0.2) is 10.5 Å². The molecule has 0 aliphatic heterocycles. The lowest BCUT2D eigenvalue weighted by atomic mass is 10.0. The van der Waals surface area contributed by atoms with Crippen LogP contribution in [0.15, 0.2) is 72.8 Å². The number of fused-ring (bicyclic) bond motifs is 3. The van der Waals surface area contributed by atoms with E-state index in [1.807, 2.05) is 28.8 Å². The van der Waals surface area contributed by atoms with E-state index in [4.69, 9.17) is 40.5 Å². The van der Waals surface area contributed by atoms with Crippen LogP contribution in [0.3, 0.4) is 0 Å². The van der Waals surface area contributed by atoms with E-state index in [0.717, 1.165) is 22.0 Å². The van der Waals surface area contributed by atoms with Gasteiger partial charge in [-0.15, -0.1) is 0 Å². The molecule has 0 bridgehead atoms. The van der Waals surface area contributed by atoms with E-state index in [0.29, 0.717) is 32.1 Å². The van der Waals surface area contributed by atoms with Gasteiger partial charge in [0.1, 0.15) is 5.82 Å². The first-order chi connectivity index (χ1) is 15.9. The number of halogens is 4. The summed E-state index contributed by atoms with van der Waals surface area (Å²) in [6.45, 7) is 0.203. The summed E-state index contributed by atoms with van der Waals surface area (Å²) in [5.74, 6) is -1.02. The van der Waals surface area contributed by atoms with Gasteiger partial charge in [0.15, 0.2) is 0 Å². The minimum atomic E-state index is -0.535. The maximum atomic E-state index is 14.8. The standard InChI is InChI=1S/C26H16Cl3FN2O/c27-18-6-3-7-19(28)23(18)14-10-11-16-22(12-14)32(13-15-4-1-8-20(29)25(15)30)21-9-2-5-17(24(16)21)26(31)33/h1-12H,13H2,(H2,31,33). The summed E-state index contributed by atoms with van der Waals surface area (Å²) in [6, 6.07) is 21.3. The van der Waals surface area contributed by atoms with Crippen molar-refractivity contribution in [2.45, 2.75) is 6.54 Å². The number of hydrogen-bond acceptors (Lipinski definition) is 1. The van der Waals surface area contributed by atoms with Gasteiger partial charge in [0.2, 0.25) is 5.91 Å². The molecule has 0 saturated heterocycles. The molecule has 2 N–H and O–H groups in total. The third kappa shape index (κ3) is 3.65. The highest BCUT2D eigenvalue weighted by molar-refractivity contribution is 6.39. The van der Waals surface area contributed by atoms with E-state index in [-0.39, 0.29) is 11.6 Å². The molecule has 0 spiro atoms. The van der Waals surface area contributed by atoms with Crippen LogP contribution in [0.5, 0.6) is 0 Å². The molecule has 0 aliphatic rings. The number of benzene rings is 4. The van der Waals surface area contributed by atoms with Gasteiger partial charge in [0, 0.05) is 37.5 Å². The summed E-state index contributed by atoms with van der Waals surface area (Å²) >= 11 is 18.9. The van der Waals surface area contributed by atoms with Crippen molar-refractivity contribution < 1.29 is 9.18 Å².